The first-order valence-electron chi connectivity index (χ1n) is 6.72. The fourth-order valence-electron chi connectivity index (χ4n) is 1.94. The highest BCUT2D eigenvalue weighted by Crippen LogP contribution is 2.31. The molecule has 0 saturated carbocycles. The van der Waals surface area contributed by atoms with Gasteiger partial charge < -0.3 is 14.6 Å². The van der Waals surface area contributed by atoms with Gasteiger partial charge in [0.15, 0.2) is 11.5 Å². The molecular formula is C16H19NO3. The van der Waals surface area contributed by atoms with Gasteiger partial charge in [0.25, 0.3) is 0 Å². The summed E-state index contributed by atoms with van der Waals surface area (Å²) in [5.74, 6) is 1.31. The predicted octanol–water partition coefficient (Wildman–Crippen LogP) is 2.59. The standard InChI is InChI=1S/C16H19NO3/c1-2-19-15-5-3-4-14(12-18)16(15)20-11-8-13-6-9-17-10-7-13/h3-7,9-10,18H,2,8,11-12H2,1H3. The Morgan fingerprint density at radius 1 is 1.10 bits per heavy atom. The molecule has 0 unspecified atom stereocenters. The highest BCUT2D eigenvalue weighted by atomic mass is 16.5. The monoisotopic (exact) mass is 273 g/mol. The Morgan fingerprint density at radius 2 is 1.90 bits per heavy atom. The zero-order chi connectivity index (χ0) is 14.2. The number of para-hydroxylation sites is 1. The second kappa shape index (κ2) is 7.50. The number of rotatable bonds is 7. The molecular weight excluding hydrogens is 254 g/mol. The molecule has 0 aliphatic rings. The number of aliphatic hydroxyl groups is 1. The van der Waals surface area contributed by atoms with E-state index in [2.05, 4.69) is 4.98 Å². The largest absolute Gasteiger partial charge is 0.490 e. The molecule has 0 atom stereocenters. The summed E-state index contributed by atoms with van der Waals surface area (Å²) in [5.41, 5.74) is 1.91. The third-order valence-electron chi connectivity index (χ3n) is 2.92. The maximum atomic E-state index is 9.38. The van der Waals surface area contributed by atoms with Crippen molar-refractivity contribution >= 4 is 0 Å². The lowest BCUT2D eigenvalue weighted by Crippen LogP contribution is -2.06. The van der Waals surface area contributed by atoms with Crippen LogP contribution >= 0.6 is 0 Å². The fourth-order valence-corrected chi connectivity index (χ4v) is 1.94. The highest BCUT2D eigenvalue weighted by molar-refractivity contribution is 5.46. The lowest BCUT2D eigenvalue weighted by molar-refractivity contribution is 0.250. The van der Waals surface area contributed by atoms with E-state index in [4.69, 9.17) is 9.47 Å². The minimum Gasteiger partial charge on any atom is -0.490 e. The van der Waals surface area contributed by atoms with E-state index in [-0.39, 0.29) is 6.61 Å². The minimum absolute atomic E-state index is 0.0640. The summed E-state index contributed by atoms with van der Waals surface area (Å²) < 4.78 is 11.3. The molecule has 20 heavy (non-hydrogen) atoms. The molecule has 1 N–H and O–H groups in total. The van der Waals surface area contributed by atoms with Crippen molar-refractivity contribution in [2.24, 2.45) is 0 Å². The van der Waals surface area contributed by atoms with Crippen molar-refractivity contribution in [3.8, 4) is 11.5 Å². The molecule has 0 amide bonds. The molecule has 0 aliphatic carbocycles. The summed E-state index contributed by atoms with van der Waals surface area (Å²) in [6.07, 6.45) is 4.32. The average Bonchev–Trinajstić information content (AvgIpc) is 2.50. The molecule has 2 rings (SSSR count). The third-order valence-corrected chi connectivity index (χ3v) is 2.92. The molecule has 0 saturated heterocycles. The predicted molar refractivity (Wildman–Crippen MR) is 77.0 cm³/mol. The number of ether oxygens (including phenoxy) is 2. The van der Waals surface area contributed by atoms with E-state index in [0.29, 0.717) is 24.7 Å². The second-order valence-electron chi connectivity index (χ2n) is 4.29. The van der Waals surface area contributed by atoms with Crippen LogP contribution in [-0.2, 0) is 13.0 Å². The van der Waals surface area contributed by atoms with Crippen LogP contribution in [0.2, 0.25) is 0 Å². The molecule has 0 bridgehead atoms. The SMILES string of the molecule is CCOc1cccc(CO)c1OCCc1ccncc1. The molecule has 106 valence electrons. The summed E-state index contributed by atoms with van der Waals surface area (Å²) in [4.78, 5) is 3.98. The van der Waals surface area contributed by atoms with Crippen LogP contribution in [-0.4, -0.2) is 23.3 Å². The van der Waals surface area contributed by atoms with Gasteiger partial charge in [-0.2, -0.15) is 0 Å². The summed E-state index contributed by atoms with van der Waals surface area (Å²) in [5, 5.41) is 9.38. The number of hydrogen-bond acceptors (Lipinski definition) is 4. The normalized spacial score (nSPS) is 10.3. The topological polar surface area (TPSA) is 51.6 Å². The lowest BCUT2D eigenvalue weighted by atomic mass is 10.2. The Hall–Kier alpha value is -2.07. The minimum atomic E-state index is -0.0640. The van der Waals surface area contributed by atoms with Crippen LogP contribution in [0, 0.1) is 0 Å². The molecule has 0 fully saturated rings. The van der Waals surface area contributed by atoms with E-state index in [9.17, 15) is 5.11 Å². The van der Waals surface area contributed by atoms with Gasteiger partial charge in [0.05, 0.1) is 19.8 Å². The van der Waals surface area contributed by atoms with Crippen molar-refractivity contribution in [3.63, 3.8) is 0 Å². The van der Waals surface area contributed by atoms with E-state index < -0.39 is 0 Å². The van der Waals surface area contributed by atoms with Crippen molar-refractivity contribution in [2.75, 3.05) is 13.2 Å². The Bertz CT molecular complexity index is 529. The first-order chi connectivity index (χ1) is 9.85. The van der Waals surface area contributed by atoms with Gasteiger partial charge in [0, 0.05) is 24.4 Å². The van der Waals surface area contributed by atoms with E-state index in [1.165, 1.54) is 5.56 Å². The molecule has 1 aromatic carbocycles. The average molecular weight is 273 g/mol. The first kappa shape index (κ1) is 14.3. The molecule has 1 aromatic heterocycles. The lowest BCUT2D eigenvalue weighted by Gasteiger charge is -2.15. The van der Waals surface area contributed by atoms with Crippen LogP contribution in [0.15, 0.2) is 42.7 Å². The number of aliphatic hydroxyl groups excluding tert-OH is 1. The fraction of sp³-hybridized carbons (Fsp3) is 0.312. The maximum Gasteiger partial charge on any atom is 0.166 e. The number of aromatic nitrogens is 1. The van der Waals surface area contributed by atoms with Crippen LogP contribution in [0.3, 0.4) is 0 Å². The maximum absolute atomic E-state index is 9.38. The smallest absolute Gasteiger partial charge is 0.166 e. The molecule has 2 aromatic rings. The van der Waals surface area contributed by atoms with Crippen molar-refractivity contribution in [2.45, 2.75) is 20.0 Å². The number of hydrogen-bond donors (Lipinski definition) is 1. The van der Waals surface area contributed by atoms with Crippen molar-refractivity contribution in [1.82, 2.24) is 4.98 Å². The second-order valence-corrected chi connectivity index (χ2v) is 4.29. The summed E-state index contributed by atoms with van der Waals surface area (Å²) >= 11 is 0. The van der Waals surface area contributed by atoms with Gasteiger partial charge in [-0.15, -0.1) is 0 Å². The Labute approximate surface area is 119 Å². The Balaban J connectivity index is 2.04. The van der Waals surface area contributed by atoms with Crippen LogP contribution in [0.5, 0.6) is 11.5 Å². The van der Waals surface area contributed by atoms with Crippen LogP contribution in [0.4, 0.5) is 0 Å². The summed E-state index contributed by atoms with van der Waals surface area (Å²) in [6, 6.07) is 9.47. The van der Waals surface area contributed by atoms with E-state index in [1.807, 2.05) is 37.3 Å². The molecule has 0 radical (unpaired) electrons. The Morgan fingerprint density at radius 3 is 2.60 bits per heavy atom. The van der Waals surface area contributed by atoms with Crippen LogP contribution in [0.1, 0.15) is 18.1 Å². The van der Waals surface area contributed by atoms with Crippen molar-refractivity contribution in [1.29, 1.82) is 0 Å². The molecule has 4 nitrogen and oxygen atoms in total. The summed E-state index contributed by atoms with van der Waals surface area (Å²) in [6.45, 7) is 2.95. The quantitative estimate of drug-likeness (QED) is 0.842. The van der Waals surface area contributed by atoms with E-state index >= 15 is 0 Å². The van der Waals surface area contributed by atoms with Gasteiger partial charge in [0.1, 0.15) is 0 Å². The van der Waals surface area contributed by atoms with Crippen LogP contribution in [0.25, 0.3) is 0 Å². The zero-order valence-electron chi connectivity index (χ0n) is 11.6. The van der Waals surface area contributed by atoms with E-state index in [0.717, 1.165) is 12.0 Å². The highest BCUT2D eigenvalue weighted by Gasteiger charge is 2.10. The number of nitrogens with zero attached hydrogens (tertiary/aromatic N) is 1. The van der Waals surface area contributed by atoms with Gasteiger partial charge in [-0.1, -0.05) is 12.1 Å². The Kier molecular flexibility index (Phi) is 5.38. The van der Waals surface area contributed by atoms with Gasteiger partial charge >= 0.3 is 0 Å². The first-order valence-corrected chi connectivity index (χ1v) is 6.72. The molecule has 0 spiro atoms. The molecule has 1 heterocycles. The summed E-state index contributed by atoms with van der Waals surface area (Å²) in [7, 11) is 0. The van der Waals surface area contributed by atoms with Crippen LogP contribution < -0.4 is 9.47 Å². The van der Waals surface area contributed by atoms with E-state index in [1.54, 1.807) is 12.4 Å². The van der Waals surface area contributed by atoms with Crippen molar-refractivity contribution < 1.29 is 14.6 Å². The molecule has 0 aliphatic heterocycles. The van der Waals surface area contributed by atoms with Gasteiger partial charge in [-0.3, -0.25) is 4.98 Å². The van der Waals surface area contributed by atoms with Gasteiger partial charge in [0.2, 0.25) is 0 Å². The third kappa shape index (κ3) is 3.71. The van der Waals surface area contributed by atoms with Gasteiger partial charge in [-0.05, 0) is 30.7 Å². The number of pyridine rings is 1. The zero-order valence-corrected chi connectivity index (χ0v) is 11.6. The molecule has 4 heteroatoms. The van der Waals surface area contributed by atoms with Crippen molar-refractivity contribution in [3.05, 3.63) is 53.9 Å². The van der Waals surface area contributed by atoms with Gasteiger partial charge in [-0.25, -0.2) is 0 Å². The number of benzene rings is 1.